The minimum atomic E-state index is 0. The summed E-state index contributed by atoms with van der Waals surface area (Å²) in [7, 11) is 4.50. The third-order valence-corrected chi connectivity index (χ3v) is 5.36. The van der Waals surface area contributed by atoms with Crippen LogP contribution < -0.4 is 17.3 Å². The molecule has 0 spiro atoms. The lowest BCUT2D eigenvalue weighted by Gasteiger charge is -2.06. The van der Waals surface area contributed by atoms with Crippen LogP contribution in [0.1, 0.15) is 94.6 Å². The first-order valence-electron chi connectivity index (χ1n) is 11.2. The summed E-state index contributed by atoms with van der Waals surface area (Å²) in [6.45, 7) is 5.14. The summed E-state index contributed by atoms with van der Waals surface area (Å²) < 4.78 is 0. The van der Waals surface area contributed by atoms with Crippen molar-refractivity contribution >= 4 is 6.08 Å². The van der Waals surface area contributed by atoms with Gasteiger partial charge in [-0.3, -0.25) is 0 Å². The van der Waals surface area contributed by atoms with Crippen LogP contribution in [-0.2, 0) is 6.42 Å². The number of aryl methyl sites for hydroxylation is 1. The van der Waals surface area contributed by atoms with Crippen molar-refractivity contribution in [2.24, 2.45) is 0 Å². The monoisotopic (exact) mass is 393 g/mol. The molecule has 27 heavy (non-hydrogen) atoms. The number of rotatable bonds is 17. The Morgan fingerprint density at radius 3 is 1.48 bits per heavy atom. The largest absolute Gasteiger partial charge is 1.00 e. The molecule has 1 rings (SSSR count). The van der Waals surface area contributed by atoms with Crippen LogP contribution in [0.3, 0.4) is 0 Å². The van der Waals surface area contributed by atoms with Gasteiger partial charge in [-0.2, -0.15) is 0 Å². The van der Waals surface area contributed by atoms with Gasteiger partial charge in [0, 0.05) is 0 Å². The van der Waals surface area contributed by atoms with Gasteiger partial charge in [0.25, 0.3) is 0 Å². The standard InChI is InChI=1S/C25H43N.ClH/c1-4-24-19-21-25(22-20-24)18-16-14-12-10-8-6-5-7-9-11-13-15-17-23-26(2)3;/h4,19-22H,1,5-18,23H2,2-3H3;1H. The minimum absolute atomic E-state index is 0. The second-order valence-electron chi connectivity index (χ2n) is 8.25. The zero-order chi connectivity index (χ0) is 18.9. The van der Waals surface area contributed by atoms with Crippen molar-refractivity contribution < 1.29 is 17.3 Å². The number of hydrogen-bond donors (Lipinski definition) is 1. The molecule has 0 aliphatic heterocycles. The van der Waals surface area contributed by atoms with Gasteiger partial charge < -0.3 is 17.3 Å². The van der Waals surface area contributed by atoms with E-state index in [-0.39, 0.29) is 12.4 Å². The van der Waals surface area contributed by atoms with E-state index in [1.807, 2.05) is 6.08 Å². The van der Waals surface area contributed by atoms with Gasteiger partial charge in [-0.15, -0.1) is 0 Å². The maximum absolute atomic E-state index is 3.81. The second-order valence-corrected chi connectivity index (χ2v) is 8.25. The molecule has 0 bridgehead atoms. The van der Waals surface area contributed by atoms with E-state index < -0.39 is 0 Å². The molecule has 0 heterocycles. The molecule has 0 radical (unpaired) electrons. The molecule has 1 nitrogen and oxygen atoms in total. The van der Waals surface area contributed by atoms with Crippen molar-refractivity contribution in [1.82, 2.24) is 0 Å². The van der Waals surface area contributed by atoms with E-state index in [2.05, 4.69) is 44.9 Å². The number of nitrogens with one attached hydrogen (secondary N) is 1. The van der Waals surface area contributed by atoms with Crippen LogP contribution in [0.2, 0.25) is 0 Å². The van der Waals surface area contributed by atoms with Crippen LogP contribution >= 0.6 is 0 Å². The van der Waals surface area contributed by atoms with E-state index >= 15 is 0 Å². The topological polar surface area (TPSA) is 4.44 Å². The van der Waals surface area contributed by atoms with Crippen LogP contribution in [0.4, 0.5) is 0 Å². The summed E-state index contributed by atoms with van der Waals surface area (Å²) in [4.78, 5) is 1.59. The van der Waals surface area contributed by atoms with Gasteiger partial charge >= 0.3 is 0 Å². The summed E-state index contributed by atoms with van der Waals surface area (Å²) in [5.41, 5.74) is 2.69. The fourth-order valence-electron chi connectivity index (χ4n) is 3.57. The van der Waals surface area contributed by atoms with Crippen molar-refractivity contribution in [1.29, 1.82) is 0 Å². The van der Waals surface area contributed by atoms with E-state index in [1.165, 1.54) is 108 Å². The van der Waals surface area contributed by atoms with Gasteiger partial charge in [0.05, 0.1) is 20.6 Å². The number of halogens is 1. The van der Waals surface area contributed by atoms with E-state index in [1.54, 1.807) is 4.90 Å². The number of hydrogen-bond acceptors (Lipinski definition) is 0. The van der Waals surface area contributed by atoms with Crippen LogP contribution in [0.15, 0.2) is 30.8 Å². The molecule has 1 N–H and O–H groups in total. The van der Waals surface area contributed by atoms with Gasteiger partial charge in [-0.05, 0) is 36.8 Å². The Labute approximate surface area is 176 Å². The summed E-state index contributed by atoms with van der Waals surface area (Å²) >= 11 is 0. The van der Waals surface area contributed by atoms with Crippen molar-refractivity contribution in [2.45, 2.75) is 89.9 Å². The first kappa shape index (κ1) is 26.2. The normalized spacial score (nSPS) is 10.8. The minimum Gasteiger partial charge on any atom is -1.00 e. The van der Waals surface area contributed by atoms with Gasteiger partial charge in [-0.1, -0.05) is 101 Å². The quantitative estimate of drug-likeness (QED) is 0.388. The van der Waals surface area contributed by atoms with Crippen molar-refractivity contribution in [3.8, 4) is 0 Å². The van der Waals surface area contributed by atoms with E-state index in [0.29, 0.717) is 0 Å². The zero-order valence-corrected chi connectivity index (χ0v) is 18.8. The summed E-state index contributed by atoms with van der Waals surface area (Å²) in [5, 5.41) is 0. The first-order valence-corrected chi connectivity index (χ1v) is 11.2. The summed E-state index contributed by atoms with van der Waals surface area (Å²) in [5.74, 6) is 0. The molecule has 0 fully saturated rings. The molecule has 0 saturated heterocycles. The molecule has 0 aliphatic rings. The smallest absolute Gasteiger partial charge is 0.0766 e. The van der Waals surface area contributed by atoms with E-state index in [0.717, 1.165) is 0 Å². The van der Waals surface area contributed by atoms with Gasteiger partial charge in [0.15, 0.2) is 0 Å². The predicted molar refractivity (Wildman–Crippen MR) is 118 cm³/mol. The number of unbranched alkanes of at least 4 members (excludes halogenated alkanes) is 12. The van der Waals surface area contributed by atoms with Gasteiger partial charge in [-0.25, -0.2) is 0 Å². The van der Waals surface area contributed by atoms with Crippen molar-refractivity contribution in [3.05, 3.63) is 42.0 Å². The third kappa shape index (κ3) is 15.9. The highest BCUT2D eigenvalue weighted by Gasteiger charge is 1.97. The lowest BCUT2D eigenvalue weighted by molar-refractivity contribution is -0.858. The Kier molecular flexibility index (Phi) is 18.0. The molecule has 0 aromatic heterocycles. The fourth-order valence-corrected chi connectivity index (χ4v) is 3.57. The van der Waals surface area contributed by atoms with Crippen molar-refractivity contribution in [2.75, 3.05) is 20.6 Å². The molecule has 0 amide bonds. The average molecular weight is 394 g/mol. The number of quaternary nitrogens is 1. The molecule has 1 aromatic rings. The Hall–Kier alpha value is -0.790. The Morgan fingerprint density at radius 2 is 1.07 bits per heavy atom. The van der Waals surface area contributed by atoms with E-state index in [4.69, 9.17) is 0 Å². The summed E-state index contributed by atoms with van der Waals surface area (Å²) in [6.07, 6.45) is 21.7. The average Bonchev–Trinajstić information content (AvgIpc) is 2.65. The summed E-state index contributed by atoms with van der Waals surface area (Å²) in [6, 6.07) is 8.85. The molecule has 156 valence electrons. The molecular formula is C25H44ClN. The fraction of sp³-hybridized carbons (Fsp3) is 0.680. The van der Waals surface area contributed by atoms with Crippen LogP contribution in [0.25, 0.3) is 6.08 Å². The predicted octanol–water partition coefficient (Wildman–Crippen LogP) is 3.09. The Balaban J connectivity index is 0.00000676. The maximum Gasteiger partial charge on any atom is 0.0766 e. The molecular weight excluding hydrogens is 350 g/mol. The van der Waals surface area contributed by atoms with Crippen LogP contribution in [0.5, 0.6) is 0 Å². The Bertz CT molecular complexity index is 438. The highest BCUT2D eigenvalue weighted by molar-refractivity contribution is 5.47. The third-order valence-electron chi connectivity index (χ3n) is 5.36. The molecule has 1 aromatic carbocycles. The van der Waals surface area contributed by atoms with Gasteiger partial charge in [0.1, 0.15) is 0 Å². The zero-order valence-electron chi connectivity index (χ0n) is 18.1. The van der Waals surface area contributed by atoms with Gasteiger partial charge in [0.2, 0.25) is 0 Å². The van der Waals surface area contributed by atoms with E-state index in [9.17, 15) is 0 Å². The molecule has 0 atom stereocenters. The van der Waals surface area contributed by atoms with Crippen LogP contribution in [0, 0.1) is 0 Å². The maximum atomic E-state index is 3.81. The molecule has 0 saturated carbocycles. The Morgan fingerprint density at radius 1 is 0.667 bits per heavy atom. The lowest BCUT2D eigenvalue weighted by atomic mass is 10.0. The molecule has 2 heteroatoms. The van der Waals surface area contributed by atoms with Crippen molar-refractivity contribution in [3.63, 3.8) is 0 Å². The lowest BCUT2D eigenvalue weighted by Crippen LogP contribution is -3.05. The SMILES string of the molecule is C=Cc1ccc(CCCCCCCCCCCCCCC[NH+](C)C)cc1.[Cl-]. The molecule has 0 unspecified atom stereocenters. The first-order chi connectivity index (χ1) is 12.7. The highest BCUT2D eigenvalue weighted by Crippen LogP contribution is 2.14. The molecule has 0 aliphatic carbocycles. The highest BCUT2D eigenvalue weighted by atomic mass is 35.5. The number of benzene rings is 1. The van der Waals surface area contributed by atoms with Crippen LogP contribution in [-0.4, -0.2) is 20.6 Å². The second kappa shape index (κ2) is 18.6.